The molecule has 0 spiro atoms. The SMILES string of the molecule is COc1cccc2c1C(=O)c1c(O)c3c(c(O)c1C2=O)C[C@@](C)(C(=O)NCCN1C(=O)C=CC1=O)CC3. The molecule has 3 amide bonds. The van der Waals surface area contributed by atoms with E-state index >= 15 is 0 Å². The molecule has 10 nitrogen and oxygen atoms in total. The summed E-state index contributed by atoms with van der Waals surface area (Å²) < 4.78 is 5.25. The number of phenols is 2. The Hall–Kier alpha value is -4.47. The summed E-state index contributed by atoms with van der Waals surface area (Å²) in [5.41, 5.74) is -0.913. The van der Waals surface area contributed by atoms with E-state index in [0.29, 0.717) is 12.0 Å². The summed E-state index contributed by atoms with van der Waals surface area (Å²) in [4.78, 5) is 64.3. The van der Waals surface area contributed by atoms with Crippen LogP contribution in [0.25, 0.3) is 0 Å². The zero-order chi connectivity index (χ0) is 26.6. The lowest BCUT2D eigenvalue weighted by atomic mass is 9.69. The Labute approximate surface area is 211 Å². The van der Waals surface area contributed by atoms with Crippen molar-refractivity contribution in [2.45, 2.75) is 26.2 Å². The second-order valence-electron chi connectivity index (χ2n) is 9.60. The molecule has 37 heavy (non-hydrogen) atoms. The van der Waals surface area contributed by atoms with E-state index in [-0.39, 0.29) is 71.2 Å². The van der Waals surface area contributed by atoms with Gasteiger partial charge in [0.15, 0.2) is 5.78 Å². The van der Waals surface area contributed by atoms with E-state index in [0.717, 1.165) is 4.90 Å². The number of hydrogen-bond acceptors (Lipinski definition) is 8. The van der Waals surface area contributed by atoms with Gasteiger partial charge in [-0.3, -0.25) is 28.9 Å². The Balaban J connectivity index is 1.44. The maximum Gasteiger partial charge on any atom is 0.253 e. The zero-order valence-electron chi connectivity index (χ0n) is 20.2. The van der Waals surface area contributed by atoms with Gasteiger partial charge in [-0.1, -0.05) is 19.1 Å². The number of nitrogens with one attached hydrogen (secondary N) is 1. The van der Waals surface area contributed by atoms with Gasteiger partial charge < -0.3 is 20.3 Å². The topological polar surface area (TPSA) is 150 Å². The van der Waals surface area contributed by atoms with Crippen molar-refractivity contribution < 1.29 is 38.9 Å². The predicted octanol–water partition coefficient (Wildman–Crippen LogP) is 1.42. The van der Waals surface area contributed by atoms with Crippen LogP contribution in [0.15, 0.2) is 30.4 Å². The van der Waals surface area contributed by atoms with Gasteiger partial charge >= 0.3 is 0 Å². The average Bonchev–Trinajstić information content (AvgIpc) is 3.20. The van der Waals surface area contributed by atoms with E-state index in [9.17, 15) is 34.2 Å². The summed E-state index contributed by atoms with van der Waals surface area (Å²) >= 11 is 0. The van der Waals surface area contributed by atoms with Gasteiger partial charge in [-0.15, -0.1) is 0 Å². The number of benzene rings is 2. The molecular weight excluding hydrogens is 480 g/mol. The summed E-state index contributed by atoms with van der Waals surface area (Å²) in [7, 11) is 1.37. The van der Waals surface area contributed by atoms with E-state index in [1.54, 1.807) is 19.1 Å². The fourth-order valence-corrected chi connectivity index (χ4v) is 5.33. The maximum absolute atomic E-state index is 13.4. The van der Waals surface area contributed by atoms with Crippen LogP contribution in [-0.4, -0.2) is 64.6 Å². The number of hydrogen-bond donors (Lipinski definition) is 3. The average molecular weight is 504 g/mol. The van der Waals surface area contributed by atoms with Gasteiger partial charge in [0.05, 0.1) is 29.2 Å². The van der Waals surface area contributed by atoms with Crippen LogP contribution in [0.1, 0.15) is 56.3 Å². The first-order valence-electron chi connectivity index (χ1n) is 11.8. The molecule has 190 valence electrons. The van der Waals surface area contributed by atoms with Gasteiger partial charge in [0, 0.05) is 41.9 Å². The molecule has 1 heterocycles. The van der Waals surface area contributed by atoms with Crippen molar-refractivity contribution in [1.29, 1.82) is 0 Å². The molecule has 2 aliphatic carbocycles. The number of methoxy groups -OCH3 is 1. The molecule has 3 N–H and O–H groups in total. The van der Waals surface area contributed by atoms with Crippen LogP contribution in [0.3, 0.4) is 0 Å². The highest BCUT2D eigenvalue weighted by atomic mass is 16.5. The van der Waals surface area contributed by atoms with Gasteiger partial charge in [-0.05, 0) is 25.3 Å². The van der Waals surface area contributed by atoms with E-state index in [1.807, 2.05) is 0 Å². The second kappa shape index (κ2) is 8.58. The molecule has 10 heteroatoms. The standard InChI is InChI=1S/C27H24N2O8/c1-27(26(36)28-10-11-29-17(30)6-7-18(29)31)9-8-13-15(12-27)24(34)20-21(22(13)32)25(35)19-14(23(20)33)4-3-5-16(19)37-2/h3-7,32,34H,8-12H2,1-2H3,(H,28,36)/t27-/m0/s1. The van der Waals surface area contributed by atoms with Crippen LogP contribution in [0.5, 0.6) is 17.2 Å². The Morgan fingerprint density at radius 2 is 1.65 bits per heavy atom. The number of phenolic OH excluding ortho intramolecular Hbond substituents is 2. The molecule has 0 bridgehead atoms. The molecule has 0 radical (unpaired) electrons. The number of ether oxygens (including phenoxy) is 1. The van der Waals surface area contributed by atoms with Crippen LogP contribution in [0.2, 0.25) is 0 Å². The van der Waals surface area contributed by atoms with Crippen LogP contribution in [0, 0.1) is 5.41 Å². The number of fused-ring (bicyclic) bond motifs is 3. The van der Waals surface area contributed by atoms with Crippen LogP contribution >= 0.6 is 0 Å². The maximum atomic E-state index is 13.4. The Morgan fingerprint density at radius 3 is 2.32 bits per heavy atom. The van der Waals surface area contributed by atoms with Crippen LogP contribution in [-0.2, 0) is 27.2 Å². The zero-order valence-corrected chi connectivity index (χ0v) is 20.2. The molecule has 1 atom stereocenters. The van der Waals surface area contributed by atoms with Gasteiger partial charge in [0.25, 0.3) is 11.8 Å². The molecule has 0 fully saturated rings. The molecule has 0 aromatic heterocycles. The van der Waals surface area contributed by atoms with Crippen molar-refractivity contribution in [3.63, 3.8) is 0 Å². The molecule has 1 aliphatic heterocycles. The predicted molar refractivity (Wildman–Crippen MR) is 129 cm³/mol. The van der Waals surface area contributed by atoms with Gasteiger partial charge in [-0.2, -0.15) is 0 Å². The Morgan fingerprint density at radius 1 is 1.00 bits per heavy atom. The van der Waals surface area contributed by atoms with Crippen molar-refractivity contribution in [3.05, 3.63) is 63.7 Å². The smallest absolute Gasteiger partial charge is 0.253 e. The highest BCUT2D eigenvalue weighted by Crippen LogP contribution is 2.49. The van der Waals surface area contributed by atoms with Crippen LogP contribution < -0.4 is 10.1 Å². The van der Waals surface area contributed by atoms with E-state index < -0.39 is 34.5 Å². The number of carbonyl (C=O) groups excluding carboxylic acids is 5. The third-order valence-electron chi connectivity index (χ3n) is 7.39. The number of amides is 3. The first kappa shape index (κ1) is 24.2. The summed E-state index contributed by atoms with van der Waals surface area (Å²) in [5.74, 6) is -3.10. The normalized spacial score (nSPS) is 20.0. The van der Waals surface area contributed by atoms with Crippen LogP contribution in [0.4, 0.5) is 0 Å². The van der Waals surface area contributed by atoms with E-state index in [4.69, 9.17) is 4.74 Å². The van der Waals surface area contributed by atoms with Crippen molar-refractivity contribution in [1.82, 2.24) is 10.2 Å². The van der Waals surface area contributed by atoms with Crippen molar-refractivity contribution in [2.24, 2.45) is 5.41 Å². The molecule has 0 unspecified atom stereocenters. The quantitative estimate of drug-likeness (QED) is 0.349. The highest BCUT2D eigenvalue weighted by Gasteiger charge is 2.44. The Kier molecular flexibility index (Phi) is 5.62. The monoisotopic (exact) mass is 504 g/mol. The fraction of sp³-hybridized carbons (Fsp3) is 0.296. The molecule has 3 aliphatic rings. The highest BCUT2D eigenvalue weighted by molar-refractivity contribution is 6.31. The molecular formula is C27H24N2O8. The van der Waals surface area contributed by atoms with Crippen molar-refractivity contribution in [2.75, 3.05) is 20.2 Å². The van der Waals surface area contributed by atoms with Gasteiger partial charge in [0.1, 0.15) is 17.2 Å². The first-order valence-corrected chi connectivity index (χ1v) is 11.8. The minimum absolute atomic E-state index is 0.0103. The number of nitrogens with zero attached hydrogens (tertiary/aromatic N) is 1. The van der Waals surface area contributed by atoms with Crippen molar-refractivity contribution in [3.8, 4) is 17.2 Å². The lowest BCUT2D eigenvalue weighted by molar-refractivity contribution is -0.138. The summed E-state index contributed by atoms with van der Waals surface area (Å²) in [5, 5.41) is 25.0. The first-order chi connectivity index (χ1) is 17.6. The fourth-order valence-electron chi connectivity index (χ4n) is 5.33. The van der Waals surface area contributed by atoms with E-state index in [1.165, 1.54) is 25.3 Å². The molecule has 2 aromatic rings. The lowest BCUT2D eigenvalue weighted by Gasteiger charge is -2.35. The lowest BCUT2D eigenvalue weighted by Crippen LogP contribution is -2.46. The Bertz CT molecular complexity index is 1440. The summed E-state index contributed by atoms with van der Waals surface area (Å²) in [6.45, 7) is 1.76. The third-order valence-corrected chi connectivity index (χ3v) is 7.39. The minimum atomic E-state index is -1.01. The second-order valence-corrected chi connectivity index (χ2v) is 9.60. The number of ketones is 2. The van der Waals surface area contributed by atoms with Gasteiger partial charge in [0.2, 0.25) is 11.7 Å². The summed E-state index contributed by atoms with van der Waals surface area (Å²) in [6, 6.07) is 4.56. The van der Waals surface area contributed by atoms with Crippen molar-refractivity contribution >= 4 is 29.3 Å². The summed E-state index contributed by atoms with van der Waals surface area (Å²) in [6.07, 6.45) is 2.82. The minimum Gasteiger partial charge on any atom is -0.507 e. The molecule has 5 rings (SSSR count). The molecule has 2 aromatic carbocycles. The van der Waals surface area contributed by atoms with E-state index in [2.05, 4.69) is 5.32 Å². The number of aromatic hydroxyl groups is 2. The third kappa shape index (κ3) is 3.59. The molecule has 0 saturated carbocycles. The largest absolute Gasteiger partial charge is 0.507 e. The number of imide groups is 1. The van der Waals surface area contributed by atoms with Gasteiger partial charge in [-0.25, -0.2) is 0 Å². The molecule has 0 saturated heterocycles. The number of rotatable bonds is 5. The number of carbonyl (C=O) groups is 5.